The van der Waals surface area contributed by atoms with E-state index in [0.717, 1.165) is 12.1 Å². The van der Waals surface area contributed by atoms with Gasteiger partial charge in [0.1, 0.15) is 31.7 Å². The molecule has 0 saturated carbocycles. The van der Waals surface area contributed by atoms with Crippen LogP contribution in [0.25, 0.3) is 0 Å². The predicted molar refractivity (Wildman–Crippen MR) is 87.4 cm³/mol. The molecule has 0 radical (unpaired) electrons. The second-order valence-corrected chi connectivity index (χ2v) is 7.55. The van der Waals surface area contributed by atoms with Gasteiger partial charge in [0.25, 0.3) is 0 Å². The summed E-state index contributed by atoms with van der Waals surface area (Å²) < 4.78 is 62.7. The number of phenolic OH excluding ortho intramolecular Hbond substituents is 2. The Bertz CT molecular complexity index is 873. The van der Waals surface area contributed by atoms with E-state index in [-0.39, 0.29) is 37.7 Å². The summed E-state index contributed by atoms with van der Waals surface area (Å²) in [6, 6.07) is 7.53. The summed E-state index contributed by atoms with van der Waals surface area (Å²) in [5.74, 6) is -0.991. The third-order valence-electron chi connectivity index (χ3n) is 2.77. The van der Waals surface area contributed by atoms with Gasteiger partial charge < -0.3 is 19.3 Å². The van der Waals surface area contributed by atoms with Crippen LogP contribution in [0.15, 0.2) is 46.2 Å². The van der Waals surface area contributed by atoms with Crippen molar-refractivity contribution < 1.29 is 36.2 Å². The number of hydrogen-bond donors (Lipinski definition) is 2. The number of aromatic hydroxyl groups is 2. The third-order valence-corrected chi connectivity index (χ3v) is 4.54. The minimum Gasteiger partial charge on any atom is -0.744 e. The van der Waals surface area contributed by atoms with Crippen LogP contribution in [-0.4, -0.2) is 73.9 Å². The first kappa shape index (κ1) is 24.1. The van der Waals surface area contributed by atoms with Crippen LogP contribution in [0.3, 0.4) is 0 Å². The number of rotatable bonds is 2. The molecule has 0 amide bonds. The maximum absolute atomic E-state index is 10.4. The van der Waals surface area contributed by atoms with E-state index in [0.29, 0.717) is 11.1 Å². The normalized spacial score (nSPS) is 11.0. The molecule has 0 unspecified atom stereocenters. The van der Waals surface area contributed by atoms with Gasteiger partial charge in [-0.05, 0) is 49.2 Å². The van der Waals surface area contributed by atoms with E-state index in [9.17, 15) is 25.9 Å². The van der Waals surface area contributed by atoms with E-state index < -0.39 is 41.5 Å². The van der Waals surface area contributed by atoms with Gasteiger partial charge in [0.05, 0.1) is 9.79 Å². The van der Waals surface area contributed by atoms with E-state index >= 15 is 0 Å². The topological polar surface area (TPSA) is 155 Å². The van der Waals surface area contributed by atoms with Crippen molar-refractivity contribution in [1.82, 2.24) is 0 Å². The van der Waals surface area contributed by atoms with Crippen molar-refractivity contribution in [3.63, 3.8) is 0 Å². The van der Waals surface area contributed by atoms with Crippen molar-refractivity contribution >= 4 is 58.0 Å². The Balaban J connectivity index is 0.000000443. The van der Waals surface area contributed by atoms with E-state index in [1.165, 1.54) is 24.3 Å². The predicted octanol–water partition coefficient (Wildman–Crippen LogP) is 0.829. The second-order valence-electron chi connectivity index (χ2n) is 4.85. The monoisotopic (exact) mass is 414 g/mol. The molecule has 0 spiro atoms. The average Bonchev–Trinajstić information content (AvgIpc) is 2.35. The summed E-state index contributed by atoms with van der Waals surface area (Å²) in [7, 11) is -9.10. The molecule has 2 rings (SSSR count). The second kappa shape index (κ2) is 9.17. The van der Waals surface area contributed by atoms with Crippen molar-refractivity contribution in [2.45, 2.75) is 23.6 Å². The summed E-state index contributed by atoms with van der Waals surface area (Å²) in [5, 5.41) is 18.1. The fraction of sp³-hybridized carbons (Fsp3) is 0.143. The molecule has 0 saturated heterocycles. The molecule has 2 N–H and O–H groups in total. The van der Waals surface area contributed by atoms with Gasteiger partial charge in [-0.25, -0.2) is 16.8 Å². The molecule has 0 bridgehead atoms. The van der Waals surface area contributed by atoms with Crippen molar-refractivity contribution in [3.05, 3.63) is 47.5 Å². The fourth-order valence-electron chi connectivity index (χ4n) is 1.68. The van der Waals surface area contributed by atoms with Crippen LogP contribution in [0, 0.1) is 13.8 Å². The van der Waals surface area contributed by atoms with Crippen LogP contribution >= 0.6 is 0 Å². The van der Waals surface area contributed by atoms with E-state index in [2.05, 4.69) is 0 Å². The summed E-state index contributed by atoms with van der Waals surface area (Å²) >= 11 is 0. The number of aryl methyl sites for hydroxylation is 2. The molecule has 0 aromatic heterocycles. The Morgan fingerprint density at radius 3 is 1.20 bits per heavy atom. The third kappa shape index (κ3) is 7.48. The van der Waals surface area contributed by atoms with Crippen molar-refractivity contribution in [1.29, 1.82) is 0 Å². The van der Waals surface area contributed by atoms with Crippen molar-refractivity contribution in [2.75, 3.05) is 0 Å². The van der Waals surface area contributed by atoms with Gasteiger partial charge in [-0.2, -0.15) is 0 Å². The Morgan fingerprint density at radius 1 is 0.720 bits per heavy atom. The van der Waals surface area contributed by atoms with Crippen molar-refractivity contribution in [3.8, 4) is 11.5 Å². The van der Waals surface area contributed by atoms with E-state index in [4.69, 9.17) is 10.2 Å². The van der Waals surface area contributed by atoms with Gasteiger partial charge >= 0.3 is 37.7 Å². The first-order valence-electron chi connectivity index (χ1n) is 6.33. The Labute approximate surface area is 175 Å². The molecule has 0 heterocycles. The molecule has 0 aliphatic heterocycles. The zero-order chi connectivity index (χ0) is 18.7. The first-order chi connectivity index (χ1) is 10.8. The van der Waals surface area contributed by atoms with Crippen molar-refractivity contribution in [2.24, 2.45) is 0 Å². The molecule has 0 aliphatic rings. The smallest absolute Gasteiger partial charge is 0.744 e. The van der Waals surface area contributed by atoms with Gasteiger partial charge in [0.15, 0.2) is 0 Å². The molecule has 25 heavy (non-hydrogen) atoms. The SMILES string of the molecule is Cc1ccc(S(=O)(=O)[O-])c(O)c1.Cc1ccc(S(=O)(=O)[O-])c(O)c1.[Ca+2]. The quantitative estimate of drug-likeness (QED) is 0.541. The van der Waals surface area contributed by atoms with E-state index in [1.807, 2.05) is 0 Å². The van der Waals surface area contributed by atoms with Crippen LogP contribution in [0.2, 0.25) is 0 Å². The Hall–Kier alpha value is -0.880. The largest absolute Gasteiger partial charge is 2.00 e. The first-order valence-corrected chi connectivity index (χ1v) is 9.15. The molecule has 8 nitrogen and oxygen atoms in total. The maximum Gasteiger partial charge on any atom is 2.00 e. The summed E-state index contributed by atoms with van der Waals surface area (Å²) in [6.07, 6.45) is 0. The summed E-state index contributed by atoms with van der Waals surface area (Å²) in [5.41, 5.74) is 1.39. The molecular formula is C14H14CaO8S2. The van der Waals surface area contributed by atoms with E-state index in [1.54, 1.807) is 13.8 Å². The molecule has 0 fully saturated rings. The zero-order valence-corrected chi connectivity index (χ0v) is 17.2. The minimum atomic E-state index is -4.55. The summed E-state index contributed by atoms with van der Waals surface area (Å²) in [4.78, 5) is -1.15. The molecule has 0 atom stereocenters. The minimum absolute atomic E-state index is 0. The molecule has 2 aromatic rings. The Morgan fingerprint density at radius 2 is 1.00 bits per heavy atom. The molecule has 132 valence electrons. The van der Waals surface area contributed by atoms with Gasteiger partial charge in [-0.3, -0.25) is 0 Å². The number of phenols is 2. The van der Waals surface area contributed by atoms with Crippen LogP contribution in [0.5, 0.6) is 11.5 Å². The van der Waals surface area contributed by atoms with Crippen LogP contribution in [0.1, 0.15) is 11.1 Å². The van der Waals surface area contributed by atoms with Gasteiger partial charge in [-0.1, -0.05) is 12.1 Å². The van der Waals surface area contributed by atoms with Crippen LogP contribution < -0.4 is 0 Å². The molecule has 0 aliphatic carbocycles. The molecule has 11 heteroatoms. The number of benzene rings is 2. The fourth-order valence-corrected chi connectivity index (χ4v) is 2.78. The maximum atomic E-state index is 10.4. The standard InChI is InChI=1S/2C7H8O4S.Ca/c2*1-5-2-3-7(6(8)4-5)12(9,10)11;/h2*2-4,8H,1H3,(H,9,10,11);/q;;+2/p-2. The Kier molecular flexibility index (Phi) is 8.85. The number of hydrogen-bond acceptors (Lipinski definition) is 8. The summed E-state index contributed by atoms with van der Waals surface area (Å²) in [6.45, 7) is 3.36. The average molecular weight is 414 g/mol. The molecular weight excluding hydrogens is 400 g/mol. The van der Waals surface area contributed by atoms with Crippen LogP contribution in [-0.2, 0) is 20.2 Å². The molecule has 2 aromatic carbocycles. The van der Waals surface area contributed by atoms with Gasteiger partial charge in [0.2, 0.25) is 0 Å². The van der Waals surface area contributed by atoms with Crippen LogP contribution in [0.4, 0.5) is 0 Å². The van der Waals surface area contributed by atoms with Gasteiger partial charge in [0, 0.05) is 0 Å². The van der Waals surface area contributed by atoms with Gasteiger partial charge in [-0.15, -0.1) is 0 Å². The zero-order valence-electron chi connectivity index (χ0n) is 13.3.